The molecule has 0 aliphatic heterocycles. The van der Waals surface area contributed by atoms with Gasteiger partial charge in [0.15, 0.2) is 0 Å². The Labute approximate surface area is 360 Å². The zero-order chi connectivity index (χ0) is 40.5. The number of fused-ring (bicyclic) bond motifs is 6. The van der Waals surface area contributed by atoms with E-state index in [1.165, 1.54) is 110 Å². The molecule has 0 N–H and O–H groups in total. The van der Waals surface area contributed by atoms with Crippen LogP contribution in [0.25, 0.3) is 55.6 Å². The smallest absolute Gasteiger partial charge is 0.0540 e. The van der Waals surface area contributed by atoms with Crippen LogP contribution in [-0.2, 0) is 10.8 Å². The van der Waals surface area contributed by atoms with Crippen molar-refractivity contribution in [2.75, 3.05) is 4.90 Å². The molecule has 6 aliphatic rings. The van der Waals surface area contributed by atoms with Gasteiger partial charge in [-0.05, 0) is 152 Å². The SMILES string of the molecule is CC1(C)c2ccccc2-c2ccc(N(c3ccc4c(c3)-c3c(-c5ccccc5)cccc3C43C4CC5CC(C4)C3C5)c3ccccc3-c3ccc(-c4ccccc4)cc3)cc21. The monoisotopic (exact) mass is 783 g/mol. The lowest BCUT2D eigenvalue weighted by Crippen LogP contribution is -2.40. The van der Waals surface area contributed by atoms with Gasteiger partial charge in [-0.3, -0.25) is 0 Å². The number of rotatable bonds is 6. The molecule has 4 bridgehead atoms. The zero-order valence-electron chi connectivity index (χ0n) is 35.0. The van der Waals surface area contributed by atoms with E-state index in [1.807, 2.05) is 0 Å². The third-order valence-corrected chi connectivity index (χ3v) is 16.1. The molecule has 1 nitrogen and oxygen atoms in total. The Kier molecular flexibility index (Phi) is 7.55. The highest BCUT2D eigenvalue weighted by Gasteiger charge is 2.66. The predicted molar refractivity (Wildman–Crippen MR) is 254 cm³/mol. The van der Waals surface area contributed by atoms with Crippen molar-refractivity contribution in [1.29, 1.82) is 0 Å². The molecule has 8 aromatic carbocycles. The highest BCUT2D eigenvalue weighted by atomic mass is 15.1. The molecular weight excluding hydrogens is 735 g/mol. The van der Waals surface area contributed by atoms with Crippen molar-refractivity contribution < 1.29 is 0 Å². The first kappa shape index (κ1) is 35.3. The second-order valence-corrected chi connectivity index (χ2v) is 19.3. The van der Waals surface area contributed by atoms with Gasteiger partial charge in [0.1, 0.15) is 0 Å². The highest BCUT2D eigenvalue weighted by Crippen LogP contribution is 2.73. The fraction of sp³-hybridized carbons (Fsp3) is 0.200. The second-order valence-electron chi connectivity index (χ2n) is 19.3. The summed E-state index contributed by atoms with van der Waals surface area (Å²) in [6.45, 7) is 4.79. The van der Waals surface area contributed by atoms with Crippen molar-refractivity contribution in [3.05, 3.63) is 210 Å². The van der Waals surface area contributed by atoms with E-state index in [-0.39, 0.29) is 10.8 Å². The van der Waals surface area contributed by atoms with Crippen molar-refractivity contribution >= 4 is 17.1 Å². The number of para-hydroxylation sites is 1. The Balaban J connectivity index is 1.04. The van der Waals surface area contributed by atoms with E-state index in [0.29, 0.717) is 5.92 Å². The zero-order valence-corrected chi connectivity index (χ0v) is 35.0. The molecule has 0 aromatic heterocycles. The minimum atomic E-state index is -0.116. The molecular formula is C60H49N. The maximum Gasteiger partial charge on any atom is 0.0540 e. The van der Waals surface area contributed by atoms with Gasteiger partial charge in [-0.1, -0.05) is 172 Å². The maximum absolute atomic E-state index is 2.59. The average Bonchev–Trinajstić information content (AvgIpc) is 3.93. The van der Waals surface area contributed by atoms with Gasteiger partial charge in [0.25, 0.3) is 0 Å². The van der Waals surface area contributed by atoms with Crippen molar-refractivity contribution in [1.82, 2.24) is 0 Å². The summed E-state index contributed by atoms with van der Waals surface area (Å²) in [7, 11) is 0. The molecule has 14 rings (SSSR count). The van der Waals surface area contributed by atoms with Gasteiger partial charge in [-0.2, -0.15) is 0 Å². The van der Waals surface area contributed by atoms with E-state index in [4.69, 9.17) is 0 Å². The van der Waals surface area contributed by atoms with Gasteiger partial charge in [0.05, 0.1) is 5.69 Å². The molecule has 294 valence electrons. The van der Waals surface area contributed by atoms with Gasteiger partial charge in [0, 0.05) is 27.8 Å². The number of anilines is 3. The molecule has 5 unspecified atom stereocenters. The Bertz CT molecular complexity index is 3030. The summed E-state index contributed by atoms with van der Waals surface area (Å²) in [6, 6.07) is 71.3. The van der Waals surface area contributed by atoms with Crippen LogP contribution in [0.1, 0.15) is 61.8 Å². The fourth-order valence-electron chi connectivity index (χ4n) is 13.7. The van der Waals surface area contributed by atoms with Crippen molar-refractivity contribution in [2.45, 2.75) is 50.4 Å². The molecule has 0 saturated heterocycles. The minimum Gasteiger partial charge on any atom is -0.310 e. The number of nitrogens with zero attached hydrogens (tertiary/aromatic N) is 1. The van der Waals surface area contributed by atoms with E-state index in [0.717, 1.165) is 17.8 Å². The highest BCUT2D eigenvalue weighted by molar-refractivity contribution is 5.97. The van der Waals surface area contributed by atoms with Gasteiger partial charge >= 0.3 is 0 Å². The number of hydrogen-bond acceptors (Lipinski definition) is 1. The average molecular weight is 784 g/mol. The predicted octanol–water partition coefficient (Wildman–Crippen LogP) is 15.8. The van der Waals surface area contributed by atoms with Crippen molar-refractivity contribution in [3.63, 3.8) is 0 Å². The summed E-state index contributed by atoms with van der Waals surface area (Å²) in [5, 5.41) is 0. The van der Waals surface area contributed by atoms with Crippen LogP contribution in [-0.4, -0.2) is 0 Å². The summed E-state index contributed by atoms with van der Waals surface area (Å²) < 4.78 is 0. The molecule has 5 atom stereocenters. The summed E-state index contributed by atoms with van der Waals surface area (Å²) >= 11 is 0. The van der Waals surface area contributed by atoms with Crippen LogP contribution in [0.4, 0.5) is 17.1 Å². The first-order chi connectivity index (χ1) is 30.0. The lowest BCUT2D eigenvalue weighted by Gasteiger charge is -2.44. The van der Waals surface area contributed by atoms with E-state index in [1.54, 1.807) is 11.1 Å². The van der Waals surface area contributed by atoms with E-state index in [9.17, 15) is 0 Å². The summed E-state index contributed by atoms with van der Waals surface area (Å²) in [4.78, 5) is 2.57. The van der Waals surface area contributed by atoms with Crippen LogP contribution in [0.2, 0.25) is 0 Å². The lowest BCUT2D eigenvalue weighted by atomic mass is 9.59. The summed E-state index contributed by atoms with van der Waals surface area (Å²) in [6.07, 6.45) is 5.57. The molecule has 0 amide bonds. The first-order valence-electron chi connectivity index (χ1n) is 22.6. The molecule has 0 radical (unpaired) electrons. The third-order valence-electron chi connectivity index (χ3n) is 16.1. The third kappa shape index (κ3) is 4.95. The maximum atomic E-state index is 2.59. The summed E-state index contributed by atoms with van der Waals surface area (Å²) in [5.74, 6) is 3.19. The molecule has 8 aromatic rings. The Hall–Kier alpha value is -6.44. The van der Waals surface area contributed by atoms with Crippen LogP contribution < -0.4 is 4.90 Å². The first-order valence-corrected chi connectivity index (χ1v) is 22.6. The van der Waals surface area contributed by atoms with Crippen LogP contribution in [0.5, 0.6) is 0 Å². The van der Waals surface area contributed by atoms with Gasteiger partial charge < -0.3 is 4.90 Å². The van der Waals surface area contributed by atoms with Gasteiger partial charge in [-0.25, -0.2) is 0 Å². The Morgan fingerprint density at radius 1 is 0.410 bits per heavy atom. The van der Waals surface area contributed by atoms with Crippen LogP contribution in [0, 0.1) is 23.7 Å². The molecule has 0 heterocycles. The Morgan fingerprint density at radius 3 is 1.82 bits per heavy atom. The Morgan fingerprint density at radius 2 is 1.02 bits per heavy atom. The topological polar surface area (TPSA) is 3.24 Å². The molecule has 4 fully saturated rings. The molecule has 1 heteroatoms. The van der Waals surface area contributed by atoms with Crippen LogP contribution in [0.15, 0.2) is 188 Å². The number of benzene rings is 8. The van der Waals surface area contributed by atoms with Crippen molar-refractivity contribution in [3.8, 4) is 55.6 Å². The number of hydrogen-bond donors (Lipinski definition) is 0. The van der Waals surface area contributed by atoms with Crippen LogP contribution >= 0.6 is 0 Å². The molecule has 61 heavy (non-hydrogen) atoms. The lowest BCUT2D eigenvalue weighted by molar-refractivity contribution is 0.191. The molecule has 4 saturated carbocycles. The van der Waals surface area contributed by atoms with Crippen LogP contribution in [0.3, 0.4) is 0 Å². The molecule has 1 spiro atoms. The fourth-order valence-corrected chi connectivity index (χ4v) is 13.7. The van der Waals surface area contributed by atoms with Gasteiger partial charge in [-0.15, -0.1) is 0 Å². The second kappa shape index (κ2) is 13.0. The standard InChI is InChI=1S/C60H49N/c1-59(2)52-21-11-9-19-49(52)50-30-28-46(37-56(50)59)61(57-23-12-10-18-47(57)42-26-24-40(25-27-42)39-14-5-3-6-15-39)45-29-31-53-51(36-45)58-48(41-16-7-4-8-17-41)20-13-22-54(58)60(53)44-33-38-32-43(35-44)55(60)34-38/h3-31,36-38,43-44,55H,32-35H2,1-2H3. The normalized spacial score (nSPS) is 22.9. The van der Waals surface area contributed by atoms with E-state index < -0.39 is 0 Å². The van der Waals surface area contributed by atoms with Gasteiger partial charge in [0.2, 0.25) is 0 Å². The summed E-state index contributed by atoms with van der Waals surface area (Å²) in [5.41, 5.74) is 22.7. The largest absolute Gasteiger partial charge is 0.310 e. The minimum absolute atomic E-state index is 0.0955. The van der Waals surface area contributed by atoms with E-state index >= 15 is 0 Å². The van der Waals surface area contributed by atoms with E-state index in [2.05, 4.69) is 207 Å². The molecule has 6 aliphatic carbocycles. The van der Waals surface area contributed by atoms with Crippen molar-refractivity contribution in [2.24, 2.45) is 23.7 Å². The quantitative estimate of drug-likeness (QED) is 0.162.